The topological polar surface area (TPSA) is 41.6 Å². The number of piperazine rings is 1. The first kappa shape index (κ1) is 13.0. The molecule has 1 rings (SSSR count). The molecule has 0 bridgehead atoms. The maximum atomic E-state index is 11.9. The van der Waals surface area contributed by atoms with Gasteiger partial charge in [0, 0.05) is 25.2 Å². The third kappa shape index (κ3) is 3.52. The van der Waals surface area contributed by atoms with Crippen molar-refractivity contribution in [2.45, 2.75) is 45.4 Å². The minimum atomic E-state index is -0.439. The SMILES string of the molecule is C=CC1CN(C(=O)OC(C)(C)C)C(C)CN1. The second kappa shape index (κ2) is 4.87. The molecule has 0 saturated carbocycles. The van der Waals surface area contributed by atoms with Crippen LogP contribution in [0, 0.1) is 0 Å². The van der Waals surface area contributed by atoms with E-state index in [0.29, 0.717) is 6.54 Å². The van der Waals surface area contributed by atoms with Crippen molar-refractivity contribution in [2.24, 2.45) is 0 Å². The Morgan fingerprint density at radius 3 is 2.69 bits per heavy atom. The van der Waals surface area contributed by atoms with Crippen LogP contribution in [0.25, 0.3) is 0 Å². The number of nitrogens with zero attached hydrogens (tertiary/aromatic N) is 1. The van der Waals surface area contributed by atoms with E-state index in [9.17, 15) is 4.79 Å². The molecule has 4 heteroatoms. The molecule has 0 aromatic carbocycles. The second-order valence-electron chi connectivity index (χ2n) is 5.23. The lowest BCUT2D eigenvalue weighted by molar-refractivity contribution is 0.0116. The van der Waals surface area contributed by atoms with E-state index in [1.165, 1.54) is 0 Å². The highest BCUT2D eigenvalue weighted by Crippen LogP contribution is 2.14. The van der Waals surface area contributed by atoms with Gasteiger partial charge >= 0.3 is 6.09 Å². The van der Waals surface area contributed by atoms with Gasteiger partial charge in [-0.25, -0.2) is 4.79 Å². The first-order valence-corrected chi connectivity index (χ1v) is 5.69. The van der Waals surface area contributed by atoms with E-state index in [0.717, 1.165) is 6.54 Å². The summed E-state index contributed by atoms with van der Waals surface area (Å²) in [4.78, 5) is 13.7. The van der Waals surface area contributed by atoms with Crippen LogP contribution in [0.15, 0.2) is 12.7 Å². The summed E-state index contributed by atoms with van der Waals surface area (Å²) in [7, 11) is 0. The predicted octanol–water partition coefficient (Wildman–Crippen LogP) is 1.77. The second-order valence-corrected chi connectivity index (χ2v) is 5.23. The van der Waals surface area contributed by atoms with Crippen LogP contribution in [-0.2, 0) is 4.74 Å². The van der Waals surface area contributed by atoms with Crippen LogP contribution in [0.1, 0.15) is 27.7 Å². The van der Waals surface area contributed by atoms with Crippen molar-refractivity contribution in [3.8, 4) is 0 Å². The van der Waals surface area contributed by atoms with Gasteiger partial charge in [-0.15, -0.1) is 6.58 Å². The van der Waals surface area contributed by atoms with E-state index in [-0.39, 0.29) is 18.2 Å². The van der Waals surface area contributed by atoms with Gasteiger partial charge in [-0.05, 0) is 27.7 Å². The van der Waals surface area contributed by atoms with Gasteiger partial charge < -0.3 is 15.0 Å². The smallest absolute Gasteiger partial charge is 0.410 e. The molecular weight excluding hydrogens is 204 g/mol. The van der Waals surface area contributed by atoms with Crippen LogP contribution in [0.3, 0.4) is 0 Å². The number of carbonyl (C=O) groups is 1. The van der Waals surface area contributed by atoms with E-state index in [2.05, 4.69) is 11.9 Å². The van der Waals surface area contributed by atoms with Crippen molar-refractivity contribution in [2.75, 3.05) is 13.1 Å². The van der Waals surface area contributed by atoms with Crippen molar-refractivity contribution in [1.29, 1.82) is 0 Å². The molecule has 4 nitrogen and oxygen atoms in total. The minimum Gasteiger partial charge on any atom is -0.444 e. The molecule has 1 aliphatic rings. The standard InChI is InChI=1S/C12H22N2O2/c1-6-10-8-14(9(2)7-13-10)11(15)16-12(3,4)5/h6,9-10,13H,1,7-8H2,2-5H3. The fourth-order valence-corrected chi connectivity index (χ4v) is 1.62. The van der Waals surface area contributed by atoms with Gasteiger partial charge in [0.05, 0.1) is 0 Å². The minimum absolute atomic E-state index is 0.156. The molecule has 1 N–H and O–H groups in total. The number of rotatable bonds is 1. The first-order chi connectivity index (χ1) is 7.33. The highest BCUT2D eigenvalue weighted by Gasteiger charge is 2.30. The Kier molecular flexibility index (Phi) is 3.97. The van der Waals surface area contributed by atoms with Crippen LogP contribution in [-0.4, -0.2) is 41.8 Å². The molecule has 2 unspecified atom stereocenters. The summed E-state index contributed by atoms with van der Waals surface area (Å²) in [6.45, 7) is 12.8. The Bertz CT molecular complexity index is 271. The van der Waals surface area contributed by atoms with Gasteiger partial charge in [0.25, 0.3) is 0 Å². The van der Waals surface area contributed by atoms with Crippen LogP contribution < -0.4 is 5.32 Å². The van der Waals surface area contributed by atoms with Gasteiger partial charge in [0.2, 0.25) is 0 Å². The molecule has 1 fully saturated rings. The molecule has 2 atom stereocenters. The highest BCUT2D eigenvalue weighted by molar-refractivity contribution is 5.68. The molecule has 1 heterocycles. The van der Waals surface area contributed by atoms with Gasteiger partial charge in [-0.3, -0.25) is 0 Å². The largest absolute Gasteiger partial charge is 0.444 e. The number of hydrogen-bond acceptors (Lipinski definition) is 3. The van der Waals surface area contributed by atoms with Crippen molar-refractivity contribution in [3.63, 3.8) is 0 Å². The Morgan fingerprint density at radius 2 is 2.19 bits per heavy atom. The fraction of sp³-hybridized carbons (Fsp3) is 0.750. The summed E-state index contributed by atoms with van der Waals surface area (Å²) in [5.41, 5.74) is -0.439. The molecule has 1 aliphatic heterocycles. The first-order valence-electron chi connectivity index (χ1n) is 5.69. The summed E-state index contributed by atoms with van der Waals surface area (Å²) in [6, 6.07) is 0.315. The molecule has 0 aromatic heterocycles. The van der Waals surface area contributed by atoms with Crippen molar-refractivity contribution in [3.05, 3.63) is 12.7 Å². The van der Waals surface area contributed by atoms with E-state index in [4.69, 9.17) is 4.74 Å². The molecule has 16 heavy (non-hydrogen) atoms. The zero-order valence-corrected chi connectivity index (χ0v) is 10.6. The van der Waals surface area contributed by atoms with Gasteiger partial charge in [-0.1, -0.05) is 6.08 Å². The highest BCUT2D eigenvalue weighted by atomic mass is 16.6. The Morgan fingerprint density at radius 1 is 1.56 bits per heavy atom. The lowest BCUT2D eigenvalue weighted by Crippen LogP contribution is -2.57. The third-order valence-corrected chi connectivity index (χ3v) is 2.51. The number of amides is 1. The van der Waals surface area contributed by atoms with Crippen LogP contribution >= 0.6 is 0 Å². The Labute approximate surface area is 97.6 Å². The fourth-order valence-electron chi connectivity index (χ4n) is 1.62. The molecule has 0 aliphatic carbocycles. The maximum absolute atomic E-state index is 11.9. The monoisotopic (exact) mass is 226 g/mol. The molecule has 1 saturated heterocycles. The van der Waals surface area contributed by atoms with E-state index in [1.54, 1.807) is 4.90 Å². The average Bonchev–Trinajstić information content (AvgIpc) is 2.15. The predicted molar refractivity (Wildman–Crippen MR) is 64.4 cm³/mol. The normalized spacial score (nSPS) is 26.4. The molecule has 0 spiro atoms. The zero-order chi connectivity index (χ0) is 12.3. The van der Waals surface area contributed by atoms with Crippen LogP contribution in [0.2, 0.25) is 0 Å². The lowest BCUT2D eigenvalue weighted by Gasteiger charge is -2.38. The number of carbonyl (C=O) groups excluding carboxylic acids is 1. The van der Waals surface area contributed by atoms with Gasteiger partial charge in [-0.2, -0.15) is 0 Å². The summed E-state index contributed by atoms with van der Waals surface area (Å²) in [5, 5.41) is 3.30. The van der Waals surface area contributed by atoms with Crippen LogP contribution in [0.5, 0.6) is 0 Å². The number of hydrogen-bond donors (Lipinski definition) is 1. The summed E-state index contributed by atoms with van der Waals surface area (Å²) in [6.07, 6.45) is 1.58. The van der Waals surface area contributed by atoms with E-state index >= 15 is 0 Å². The Balaban J connectivity index is 2.62. The number of ether oxygens (including phenoxy) is 1. The third-order valence-electron chi connectivity index (χ3n) is 2.51. The molecule has 1 amide bonds. The quantitative estimate of drug-likeness (QED) is 0.693. The van der Waals surface area contributed by atoms with Crippen molar-refractivity contribution in [1.82, 2.24) is 10.2 Å². The van der Waals surface area contributed by atoms with Crippen molar-refractivity contribution < 1.29 is 9.53 Å². The molecule has 0 radical (unpaired) electrons. The molecule has 92 valence electrons. The molecular formula is C12H22N2O2. The zero-order valence-electron chi connectivity index (χ0n) is 10.6. The maximum Gasteiger partial charge on any atom is 0.410 e. The number of nitrogens with one attached hydrogen (secondary N) is 1. The average molecular weight is 226 g/mol. The summed E-state index contributed by atoms with van der Waals surface area (Å²) >= 11 is 0. The summed E-state index contributed by atoms with van der Waals surface area (Å²) in [5.74, 6) is 0. The lowest BCUT2D eigenvalue weighted by atomic mass is 10.1. The molecule has 0 aromatic rings. The van der Waals surface area contributed by atoms with Gasteiger partial charge in [0.1, 0.15) is 5.60 Å². The van der Waals surface area contributed by atoms with E-state index < -0.39 is 5.60 Å². The van der Waals surface area contributed by atoms with Gasteiger partial charge in [0.15, 0.2) is 0 Å². The summed E-state index contributed by atoms with van der Waals surface area (Å²) < 4.78 is 5.37. The van der Waals surface area contributed by atoms with E-state index in [1.807, 2.05) is 33.8 Å². The van der Waals surface area contributed by atoms with Crippen LogP contribution in [0.4, 0.5) is 4.79 Å². The Hall–Kier alpha value is -1.03. The van der Waals surface area contributed by atoms with Crippen molar-refractivity contribution >= 4 is 6.09 Å².